The number of phenolic OH excluding ortho intramolecular Hbond substituents is 1. The number of benzene rings is 1. The third-order valence-electron chi connectivity index (χ3n) is 2.79. The number of aromatic hydroxyl groups is 1. The maximum absolute atomic E-state index is 9.90. The van der Waals surface area contributed by atoms with Gasteiger partial charge in [-0.15, -0.1) is 0 Å². The first-order chi connectivity index (χ1) is 9.63. The van der Waals surface area contributed by atoms with Crippen LogP contribution in [-0.2, 0) is 0 Å². The van der Waals surface area contributed by atoms with Gasteiger partial charge in [-0.2, -0.15) is 4.98 Å². The fourth-order valence-electron chi connectivity index (χ4n) is 1.75. The Morgan fingerprint density at radius 2 is 1.75 bits per heavy atom. The molecule has 0 aliphatic rings. The van der Waals surface area contributed by atoms with E-state index in [2.05, 4.69) is 20.1 Å². The van der Waals surface area contributed by atoms with E-state index in [4.69, 9.17) is 4.52 Å². The monoisotopic (exact) mass is 268 g/mol. The van der Waals surface area contributed by atoms with Gasteiger partial charge >= 0.3 is 0 Å². The number of hydrogen-bond acceptors (Lipinski definition) is 6. The highest BCUT2D eigenvalue weighted by atomic mass is 16.5. The Hall–Kier alpha value is -2.76. The minimum atomic E-state index is 0.102. The molecule has 100 valence electrons. The first-order valence-corrected chi connectivity index (χ1v) is 6.06. The minimum absolute atomic E-state index is 0.102. The molecule has 6 nitrogen and oxygen atoms in total. The first-order valence-electron chi connectivity index (χ1n) is 6.06. The summed E-state index contributed by atoms with van der Waals surface area (Å²) in [6.45, 7) is 3.79. The van der Waals surface area contributed by atoms with Crippen LogP contribution < -0.4 is 0 Å². The summed E-state index contributed by atoms with van der Waals surface area (Å²) in [5.41, 5.74) is 2.39. The molecule has 0 fully saturated rings. The molecule has 1 N–H and O–H groups in total. The smallest absolute Gasteiger partial charge is 0.262 e. The van der Waals surface area contributed by atoms with Gasteiger partial charge in [-0.05, 0) is 37.1 Å². The summed E-state index contributed by atoms with van der Waals surface area (Å²) in [6.07, 6.45) is 3.36. The van der Waals surface area contributed by atoms with Crippen LogP contribution in [0.4, 0.5) is 0 Å². The first kappa shape index (κ1) is 12.3. The zero-order chi connectivity index (χ0) is 14.1. The van der Waals surface area contributed by atoms with E-state index in [1.165, 1.54) is 0 Å². The van der Waals surface area contributed by atoms with Gasteiger partial charge in [0, 0.05) is 12.4 Å². The van der Waals surface area contributed by atoms with E-state index in [0.29, 0.717) is 17.2 Å². The van der Waals surface area contributed by atoms with Crippen LogP contribution in [0.3, 0.4) is 0 Å². The second-order valence-corrected chi connectivity index (χ2v) is 4.53. The highest BCUT2D eigenvalue weighted by molar-refractivity contribution is 5.64. The molecule has 1 aromatic carbocycles. The van der Waals surface area contributed by atoms with Crippen molar-refractivity contribution < 1.29 is 9.63 Å². The van der Waals surface area contributed by atoms with Crippen LogP contribution in [-0.4, -0.2) is 25.2 Å². The van der Waals surface area contributed by atoms with Gasteiger partial charge in [-0.25, -0.2) is 9.97 Å². The van der Waals surface area contributed by atoms with Crippen molar-refractivity contribution in [1.29, 1.82) is 0 Å². The van der Waals surface area contributed by atoms with E-state index in [9.17, 15) is 5.11 Å². The molecule has 0 bridgehead atoms. The van der Waals surface area contributed by atoms with Crippen LogP contribution in [0.1, 0.15) is 11.1 Å². The van der Waals surface area contributed by atoms with E-state index >= 15 is 0 Å². The number of aromatic nitrogens is 4. The second kappa shape index (κ2) is 4.73. The number of rotatable bonds is 2. The SMILES string of the molecule is Cc1cnc(-c2noc(-c3ccc(C)cc3O)n2)nc1. The Morgan fingerprint density at radius 3 is 2.45 bits per heavy atom. The normalized spacial score (nSPS) is 10.7. The van der Waals surface area contributed by atoms with Crippen LogP contribution in [0.2, 0.25) is 0 Å². The topological polar surface area (TPSA) is 84.9 Å². The van der Waals surface area contributed by atoms with Crippen molar-refractivity contribution in [3.63, 3.8) is 0 Å². The average Bonchev–Trinajstić information content (AvgIpc) is 2.89. The van der Waals surface area contributed by atoms with Crippen molar-refractivity contribution in [2.24, 2.45) is 0 Å². The molecule has 0 saturated carbocycles. The lowest BCUT2D eigenvalue weighted by molar-refractivity contribution is 0.425. The zero-order valence-corrected chi connectivity index (χ0v) is 11.0. The van der Waals surface area contributed by atoms with Crippen molar-refractivity contribution in [3.05, 3.63) is 41.7 Å². The van der Waals surface area contributed by atoms with Gasteiger partial charge in [0.1, 0.15) is 5.75 Å². The van der Waals surface area contributed by atoms with Crippen molar-refractivity contribution in [2.75, 3.05) is 0 Å². The predicted octanol–water partition coefficient (Wildman–Crippen LogP) is 2.52. The van der Waals surface area contributed by atoms with Gasteiger partial charge in [0.2, 0.25) is 11.6 Å². The minimum Gasteiger partial charge on any atom is -0.507 e. The standard InChI is InChI=1S/C14H12N4O2/c1-8-3-4-10(11(19)5-8)14-17-13(18-20-14)12-15-6-9(2)7-16-12/h3-7,19H,1-2H3. The van der Waals surface area contributed by atoms with E-state index < -0.39 is 0 Å². The lowest BCUT2D eigenvalue weighted by Gasteiger charge is -1.99. The molecule has 0 atom stereocenters. The van der Waals surface area contributed by atoms with Gasteiger partial charge < -0.3 is 9.63 Å². The second-order valence-electron chi connectivity index (χ2n) is 4.53. The van der Waals surface area contributed by atoms with E-state index in [1.807, 2.05) is 19.9 Å². The summed E-state index contributed by atoms with van der Waals surface area (Å²) in [7, 11) is 0. The fraction of sp³-hybridized carbons (Fsp3) is 0.143. The van der Waals surface area contributed by atoms with Gasteiger partial charge in [0.05, 0.1) is 5.56 Å². The Labute approximate surface area is 115 Å². The molecule has 2 aromatic heterocycles. The lowest BCUT2D eigenvalue weighted by Crippen LogP contribution is -1.90. The maximum Gasteiger partial charge on any atom is 0.262 e. The van der Waals surface area contributed by atoms with Crippen molar-refractivity contribution >= 4 is 0 Å². The molecule has 0 aliphatic heterocycles. The third-order valence-corrected chi connectivity index (χ3v) is 2.79. The summed E-state index contributed by atoms with van der Waals surface area (Å²) in [6, 6.07) is 5.24. The van der Waals surface area contributed by atoms with Crippen molar-refractivity contribution in [3.8, 4) is 28.9 Å². The molecule has 2 heterocycles. The zero-order valence-electron chi connectivity index (χ0n) is 11.0. The predicted molar refractivity (Wildman–Crippen MR) is 71.9 cm³/mol. The molecule has 20 heavy (non-hydrogen) atoms. The number of nitrogens with zero attached hydrogens (tertiary/aromatic N) is 4. The van der Waals surface area contributed by atoms with Crippen LogP contribution in [0.25, 0.3) is 23.1 Å². The summed E-state index contributed by atoms with van der Waals surface area (Å²) in [4.78, 5) is 12.5. The molecular formula is C14H12N4O2. The summed E-state index contributed by atoms with van der Waals surface area (Å²) in [5.74, 6) is 1.02. The van der Waals surface area contributed by atoms with Crippen LogP contribution in [0, 0.1) is 13.8 Å². The largest absolute Gasteiger partial charge is 0.507 e. The molecule has 3 rings (SSSR count). The number of aryl methyl sites for hydroxylation is 2. The molecule has 0 saturated heterocycles. The molecule has 0 radical (unpaired) electrons. The van der Waals surface area contributed by atoms with Crippen LogP contribution in [0.15, 0.2) is 35.1 Å². The number of hydrogen-bond donors (Lipinski definition) is 1. The molecular weight excluding hydrogens is 256 g/mol. The van der Waals surface area contributed by atoms with Gasteiger partial charge in [-0.3, -0.25) is 0 Å². The molecule has 0 spiro atoms. The van der Waals surface area contributed by atoms with E-state index in [1.54, 1.807) is 24.5 Å². The lowest BCUT2D eigenvalue weighted by atomic mass is 10.1. The fourth-order valence-corrected chi connectivity index (χ4v) is 1.75. The summed E-state index contributed by atoms with van der Waals surface area (Å²) in [5, 5.41) is 13.7. The Morgan fingerprint density at radius 1 is 1.00 bits per heavy atom. The van der Waals surface area contributed by atoms with Crippen LogP contribution >= 0.6 is 0 Å². The Kier molecular flexibility index (Phi) is 2.90. The van der Waals surface area contributed by atoms with E-state index in [-0.39, 0.29) is 11.6 Å². The van der Waals surface area contributed by atoms with Crippen molar-refractivity contribution in [1.82, 2.24) is 20.1 Å². The van der Waals surface area contributed by atoms with Gasteiger partial charge in [0.25, 0.3) is 5.89 Å². The average molecular weight is 268 g/mol. The summed E-state index contributed by atoms with van der Waals surface area (Å²) >= 11 is 0. The molecule has 6 heteroatoms. The number of phenols is 1. The molecule has 3 aromatic rings. The van der Waals surface area contributed by atoms with E-state index in [0.717, 1.165) is 11.1 Å². The quantitative estimate of drug-likeness (QED) is 0.768. The molecule has 0 amide bonds. The highest BCUT2D eigenvalue weighted by Gasteiger charge is 2.15. The molecule has 0 aliphatic carbocycles. The Bertz CT molecular complexity index is 750. The molecule has 0 unspecified atom stereocenters. The summed E-state index contributed by atoms with van der Waals surface area (Å²) < 4.78 is 5.15. The third kappa shape index (κ3) is 2.23. The van der Waals surface area contributed by atoms with Crippen molar-refractivity contribution in [2.45, 2.75) is 13.8 Å². The maximum atomic E-state index is 9.90. The van der Waals surface area contributed by atoms with Gasteiger partial charge in [0.15, 0.2) is 0 Å². The van der Waals surface area contributed by atoms with Crippen LogP contribution in [0.5, 0.6) is 5.75 Å². The highest BCUT2D eigenvalue weighted by Crippen LogP contribution is 2.29. The van der Waals surface area contributed by atoms with Gasteiger partial charge in [-0.1, -0.05) is 11.2 Å². The Balaban J connectivity index is 1.99.